The molecule has 0 aromatic carbocycles. The van der Waals surface area contributed by atoms with E-state index in [2.05, 4.69) is 29.1 Å². The molecule has 2 aromatic rings. The lowest BCUT2D eigenvalue weighted by Gasteiger charge is -2.22. The summed E-state index contributed by atoms with van der Waals surface area (Å²) in [5.41, 5.74) is 1.32. The summed E-state index contributed by atoms with van der Waals surface area (Å²) < 4.78 is 3.67. The second-order valence-corrected chi connectivity index (χ2v) is 5.38. The number of hydrogen-bond acceptors (Lipinski definition) is 3. The Morgan fingerprint density at radius 1 is 1.25 bits per heavy atom. The maximum absolute atomic E-state index is 12.5. The number of carbonyl (C=O) groups excluding carboxylic acids is 1. The van der Waals surface area contributed by atoms with Gasteiger partial charge in [-0.2, -0.15) is 0 Å². The van der Waals surface area contributed by atoms with Crippen LogP contribution in [0.1, 0.15) is 41.9 Å². The van der Waals surface area contributed by atoms with Crippen molar-refractivity contribution in [1.82, 2.24) is 24.4 Å². The summed E-state index contributed by atoms with van der Waals surface area (Å²) in [7, 11) is 3.75. The highest BCUT2D eigenvalue weighted by molar-refractivity contribution is 5.93. The van der Waals surface area contributed by atoms with Gasteiger partial charge in [0.15, 0.2) is 0 Å². The Kier molecular flexibility index (Phi) is 3.92. The Labute approximate surface area is 118 Å². The van der Waals surface area contributed by atoms with Crippen molar-refractivity contribution in [2.75, 3.05) is 0 Å². The van der Waals surface area contributed by atoms with Crippen LogP contribution >= 0.6 is 0 Å². The van der Waals surface area contributed by atoms with E-state index in [1.54, 1.807) is 17.1 Å². The third kappa shape index (κ3) is 2.59. The highest BCUT2D eigenvalue weighted by Crippen LogP contribution is 2.20. The minimum atomic E-state index is -0.128. The smallest absolute Gasteiger partial charge is 0.270 e. The first-order valence-electron chi connectivity index (χ1n) is 6.67. The second kappa shape index (κ2) is 5.48. The lowest BCUT2D eigenvalue weighted by atomic mass is 10.0. The van der Waals surface area contributed by atoms with E-state index in [0.29, 0.717) is 5.69 Å². The Hall–Kier alpha value is -2.11. The molecule has 1 unspecified atom stereocenters. The van der Waals surface area contributed by atoms with Crippen LogP contribution in [0.4, 0.5) is 0 Å². The number of amides is 1. The van der Waals surface area contributed by atoms with Crippen LogP contribution in [0.5, 0.6) is 0 Å². The average Bonchev–Trinajstić information content (AvgIpc) is 2.92. The van der Waals surface area contributed by atoms with E-state index >= 15 is 0 Å². The van der Waals surface area contributed by atoms with E-state index in [9.17, 15) is 4.79 Å². The zero-order valence-corrected chi connectivity index (χ0v) is 12.6. The van der Waals surface area contributed by atoms with Crippen LogP contribution in [-0.4, -0.2) is 25.0 Å². The molecule has 2 heterocycles. The predicted octanol–water partition coefficient (Wildman–Crippen LogP) is 1.59. The Balaban J connectivity index is 2.26. The number of hydrogen-bond donors (Lipinski definition) is 1. The molecule has 0 spiro atoms. The minimum absolute atomic E-state index is 0.121. The van der Waals surface area contributed by atoms with Gasteiger partial charge in [-0.25, -0.2) is 9.97 Å². The van der Waals surface area contributed by atoms with Crippen LogP contribution in [-0.2, 0) is 14.1 Å². The molecule has 20 heavy (non-hydrogen) atoms. The number of nitrogens with zero attached hydrogens (tertiary/aromatic N) is 4. The molecule has 108 valence electrons. The van der Waals surface area contributed by atoms with Gasteiger partial charge in [0.05, 0.1) is 18.1 Å². The first kappa shape index (κ1) is 14.3. The second-order valence-electron chi connectivity index (χ2n) is 5.38. The Morgan fingerprint density at radius 3 is 2.40 bits per heavy atom. The highest BCUT2D eigenvalue weighted by atomic mass is 16.2. The summed E-state index contributed by atoms with van der Waals surface area (Å²) in [5.74, 6) is 0.978. The molecule has 0 fully saturated rings. The number of carbonyl (C=O) groups is 1. The highest BCUT2D eigenvalue weighted by Gasteiger charge is 2.24. The summed E-state index contributed by atoms with van der Waals surface area (Å²) in [6.45, 7) is 5.96. The third-order valence-corrected chi connectivity index (χ3v) is 3.42. The number of aromatic nitrogens is 4. The molecular weight excluding hydrogens is 254 g/mol. The Bertz CT molecular complexity index is 591. The van der Waals surface area contributed by atoms with Crippen molar-refractivity contribution in [2.45, 2.75) is 26.8 Å². The van der Waals surface area contributed by atoms with Crippen molar-refractivity contribution >= 4 is 5.91 Å². The van der Waals surface area contributed by atoms with Gasteiger partial charge in [0, 0.05) is 26.5 Å². The van der Waals surface area contributed by atoms with Crippen LogP contribution < -0.4 is 5.32 Å². The summed E-state index contributed by atoms with van der Waals surface area (Å²) >= 11 is 0. The van der Waals surface area contributed by atoms with Gasteiger partial charge in [-0.3, -0.25) is 4.79 Å². The molecule has 2 aromatic heterocycles. The number of rotatable bonds is 4. The van der Waals surface area contributed by atoms with Gasteiger partial charge < -0.3 is 14.5 Å². The first-order chi connectivity index (χ1) is 9.41. The minimum Gasteiger partial charge on any atom is -0.340 e. The van der Waals surface area contributed by atoms with Crippen LogP contribution in [0.25, 0.3) is 0 Å². The van der Waals surface area contributed by atoms with E-state index in [1.807, 2.05) is 31.8 Å². The van der Waals surface area contributed by atoms with E-state index in [-0.39, 0.29) is 17.9 Å². The largest absolute Gasteiger partial charge is 0.340 e. The summed E-state index contributed by atoms with van der Waals surface area (Å²) in [4.78, 5) is 21.0. The topological polar surface area (TPSA) is 64.7 Å². The maximum atomic E-state index is 12.5. The van der Waals surface area contributed by atoms with Gasteiger partial charge in [0.2, 0.25) is 0 Å². The zero-order valence-electron chi connectivity index (χ0n) is 12.6. The van der Waals surface area contributed by atoms with Crippen molar-refractivity contribution < 1.29 is 4.79 Å². The fourth-order valence-corrected chi connectivity index (χ4v) is 2.29. The first-order valence-corrected chi connectivity index (χ1v) is 6.67. The van der Waals surface area contributed by atoms with Crippen molar-refractivity contribution in [3.8, 4) is 0 Å². The molecule has 0 bridgehead atoms. The van der Waals surface area contributed by atoms with E-state index in [4.69, 9.17) is 0 Å². The summed E-state index contributed by atoms with van der Waals surface area (Å²) in [6, 6.07) is -0.128. The molecule has 0 aliphatic heterocycles. The third-order valence-electron chi connectivity index (χ3n) is 3.42. The molecule has 0 saturated heterocycles. The normalized spacial score (nSPS) is 12.7. The van der Waals surface area contributed by atoms with Gasteiger partial charge in [0.1, 0.15) is 11.5 Å². The van der Waals surface area contributed by atoms with Crippen molar-refractivity contribution in [3.63, 3.8) is 0 Å². The van der Waals surface area contributed by atoms with Crippen molar-refractivity contribution in [2.24, 2.45) is 20.0 Å². The average molecular weight is 275 g/mol. The van der Waals surface area contributed by atoms with Gasteiger partial charge >= 0.3 is 0 Å². The standard InChI is InChI=1S/C14H21N5O/c1-9(2)11(13-15-6-7-18(13)4)17-14(20)12-10(3)16-8-19(12)5/h6-9,11H,1-5H3,(H,17,20). The molecule has 1 N–H and O–H groups in total. The lowest BCUT2D eigenvalue weighted by Crippen LogP contribution is -2.34. The SMILES string of the molecule is Cc1ncn(C)c1C(=O)NC(c1nccn1C)C(C)C. The van der Waals surface area contributed by atoms with E-state index in [1.165, 1.54) is 0 Å². The van der Waals surface area contributed by atoms with Gasteiger partial charge in [-0.05, 0) is 12.8 Å². The summed E-state index contributed by atoms with van der Waals surface area (Å²) in [6.07, 6.45) is 5.27. The van der Waals surface area contributed by atoms with E-state index < -0.39 is 0 Å². The molecular formula is C14H21N5O. The summed E-state index contributed by atoms with van der Waals surface area (Å²) in [5, 5.41) is 3.06. The fourth-order valence-electron chi connectivity index (χ4n) is 2.29. The quantitative estimate of drug-likeness (QED) is 0.921. The molecule has 0 aliphatic carbocycles. The molecule has 0 saturated carbocycles. The molecule has 2 rings (SSSR count). The predicted molar refractivity (Wildman–Crippen MR) is 76.2 cm³/mol. The monoisotopic (exact) mass is 275 g/mol. The fraction of sp³-hybridized carbons (Fsp3) is 0.500. The number of aryl methyl sites for hydroxylation is 3. The number of nitrogens with one attached hydrogen (secondary N) is 1. The molecule has 1 atom stereocenters. The van der Waals surface area contributed by atoms with Crippen LogP contribution in [0, 0.1) is 12.8 Å². The van der Waals surface area contributed by atoms with E-state index in [0.717, 1.165) is 11.5 Å². The lowest BCUT2D eigenvalue weighted by molar-refractivity contribution is 0.0913. The van der Waals surface area contributed by atoms with Crippen molar-refractivity contribution in [3.05, 3.63) is 35.9 Å². The van der Waals surface area contributed by atoms with Crippen LogP contribution in [0.2, 0.25) is 0 Å². The maximum Gasteiger partial charge on any atom is 0.270 e. The van der Waals surface area contributed by atoms with Gasteiger partial charge in [-0.15, -0.1) is 0 Å². The zero-order chi connectivity index (χ0) is 14.9. The Morgan fingerprint density at radius 2 is 1.95 bits per heavy atom. The molecule has 0 radical (unpaired) electrons. The van der Waals surface area contributed by atoms with Crippen molar-refractivity contribution in [1.29, 1.82) is 0 Å². The van der Waals surface area contributed by atoms with Crippen LogP contribution in [0.3, 0.4) is 0 Å². The number of imidazole rings is 2. The molecule has 6 nitrogen and oxygen atoms in total. The van der Waals surface area contributed by atoms with Crippen LogP contribution in [0.15, 0.2) is 18.7 Å². The van der Waals surface area contributed by atoms with Gasteiger partial charge in [0.25, 0.3) is 5.91 Å². The molecule has 6 heteroatoms. The van der Waals surface area contributed by atoms with Gasteiger partial charge in [-0.1, -0.05) is 13.8 Å². The molecule has 1 amide bonds. The molecule has 0 aliphatic rings.